The maximum absolute atomic E-state index is 12.1. The zero-order chi connectivity index (χ0) is 18.0. The third kappa shape index (κ3) is 3.52. The predicted molar refractivity (Wildman–Crippen MR) is 92.6 cm³/mol. The number of benzene rings is 1. The molecule has 25 heavy (non-hydrogen) atoms. The minimum absolute atomic E-state index is 0.0934. The van der Waals surface area contributed by atoms with Crippen molar-refractivity contribution in [1.82, 2.24) is 9.78 Å². The van der Waals surface area contributed by atoms with Gasteiger partial charge >= 0.3 is 5.97 Å². The molecule has 0 saturated carbocycles. The number of furan rings is 1. The van der Waals surface area contributed by atoms with E-state index in [9.17, 15) is 9.59 Å². The van der Waals surface area contributed by atoms with Gasteiger partial charge in [-0.15, -0.1) is 0 Å². The van der Waals surface area contributed by atoms with Crippen molar-refractivity contribution in [2.24, 2.45) is 0 Å². The molecular weight excluding hydrogens is 320 g/mol. The number of hydrogen-bond acceptors (Lipinski definition) is 5. The van der Waals surface area contributed by atoms with Crippen LogP contribution in [0.25, 0.3) is 11.3 Å². The van der Waals surface area contributed by atoms with Gasteiger partial charge in [-0.05, 0) is 49.2 Å². The average Bonchev–Trinajstić information content (AvgIpc) is 3.07. The lowest BCUT2D eigenvalue weighted by molar-refractivity contribution is 0.0562. The molecule has 0 aliphatic carbocycles. The van der Waals surface area contributed by atoms with E-state index >= 15 is 0 Å². The molecule has 0 radical (unpaired) electrons. The van der Waals surface area contributed by atoms with Gasteiger partial charge in [0.05, 0.1) is 12.8 Å². The molecule has 0 unspecified atom stereocenters. The number of esters is 1. The van der Waals surface area contributed by atoms with E-state index in [1.807, 2.05) is 32.0 Å². The molecule has 2 aromatic heterocycles. The predicted octanol–water partition coefficient (Wildman–Crippen LogP) is 2.96. The SMILES string of the molecule is COC(=O)c1ccc(Cn2nc(-c3ccc(C)c(C)c3)ccc2=O)o1. The maximum atomic E-state index is 12.1. The quantitative estimate of drug-likeness (QED) is 0.684. The number of rotatable bonds is 4. The highest BCUT2D eigenvalue weighted by molar-refractivity contribution is 5.86. The molecule has 0 bridgehead atoms. The fourth-order valence-electron chi connectivity index (χ4n) is 2.44. The van der Waals surface area contributed by atoms with Crippen LogP contribution in [0.5, 0.6) is 0 Å². The van der Waals surface area contributed by atoms with Gasteiger partial charge in [-0.1, -0.05) is 12.1 Å². The molecule has 0 aliphatic heterocycles. The fraction of sp³-hybridized carbons (Fsp3) is 0.211. The minimum atomic E-state index is -0.560. The molecule has 6 nitrogen and oxygen atoms in total. The van der Waals surface area contributed by atoms with E-state index in [0.717, 1.165) is 11.1 Å². The first-order valence-corrected chi connectivity index (χ1v) is 7.81. The van der Waals surface area contributed by atoms with Crippen molar-refractivity contribution in [2.45, 2.75) is 20.4 Å². The molecule has 0 N–H and O–H groups in total. The third-order valence-corrected chi connectivity index (χ3v) is 4.02. The average molecular weight is 338 g/mol. The van der Waals surface area contributed by atoms with Gasteiger partial charge < -0.3 is 9.15 Å². The summed E-state index contributed by atoms with van der Waals surface area (Å²) >= 11 is 0. The Morgan fingerprint density at radius 3 is 2.64 bits per heavy atom. The number of nitrogens with zero attached hydrogens (tertiary/aromatic N) is 2. The summed E-state index contributed by atoms with van der Waals surface area (Å²) in [6.07, 6.45) is 0. The Kier molecular flexibility index (Phi) is 4.52. The van der Waals surface area contributed by atoms with Gasteiger partial charge in [0.15, 0.2) is 0 Å². The first-order valence-electron chi connectivity index (χ1n) is 7.81. The van der Waals surface area contributed by atoms with Gasteiger partial charge in [0.2, 0.25) is 5.76 Å². The number of hydrogen-bond donors (Lipinski definition) is 0. The number of ether oxygens (including phenoxy) is 1. The number of aryl methyl sites for hydroxylation is 2. The monoisotopic (exact) mass is 338 g/mol. The van der Waals surface area contributed by atoms with Crippen LogP contribution in [0.3, 0.4) is 0 Å². The Hall–Kier alpha value is -3.15. The topological polar surface area (TPSA) is 74.3 Å². The standard InChI is InChI=1S/C19H18N2O4/c1-12-4-5-14(10-13(12)2)16-7-9-18(22)21(20-16)11-15-6-8-17(25-15)19(23)24-3/h4-10H,11H2,1-3H3. The van der Waals surface area contributed by atoms with Gasteiger partial charge in [-0.3, -0.25) is 4.79 Å². The second-order valence-corrected chi connectivity index (χ2v) is 5.77. The normalized spacial score (nSPS) is 10.7. The van der Waals surface area contributed by atoms with Gasteiger partial charge in [-0.2, -0.15) is 5.10 Å². The summed E-state index contributed by atoms with van der Waals surface area (Å²) in [6, 6.07) is 12.3. The van der Waals surface area contributed by atoms with Crippen molar-refractivity contribution in [2.75, 3.05) is 7.11 Å². The van der Waals surface area contributed by atoms with Crippen LogP contribution in [0.4, 0.5) is 0 Å². The molecule has 0 amide bonds. The zero-order valence-electron chi connectivity index (χ0n) is 14.3. The molecule has 0 aliphatic rings. The van der Waals surface area contributed by atoms with E-state index in [1.54, 1.807) is 12.1 Å². The van der Waals surface area contributed by atoms with Crippen LogP contribution in [-0.2, 0) is 11.3 Å². The lowest BCUT2D eigenvalue weighted by Crippen LogP contribution is -2.22. The molecule has 3 aromatic rings. The molecular formula is C19H18N2O4. The maximum Gasteiger partial charge on any atom is 0.373 e. The van der Waals surface area contributed by atoms with Crippen LogP contribution in [0.1, 0.15) is 27.4 Å². The van der Waals surface area contributed by atoms with Crippen molar-refractivity contribution in [1.29, 1.82) is 0 Å². The molecule has 128 valence electrons. The van der Waals surface area contributed by atoms with E-state index < -0.39 is 5.97 Å². The van der Waals surface area contributed by atoms with Gasteiger partial charge in [0.1, 0.15) is 12.3 Å². The second kappa shape index (κ2) is 6.76. The van der Waals surface area contributed by atoms with Crippen LogP contribution in [-0.4, -0.2) is 22.9 Å². The Labute approximate surface area is 144 Å². The van der Waals surface area contributed by atoms with Crippen molar-refractivity contribution in [3.05, 3.63) is 75.5 Å². The minimum Gasteiger partial charge on any atom is -0.463 e. The van der Waals surface area contributed by atoms with Crippen LogP contribution in [0.2, 0.25) is 0 Å². The number of aromatic nitrogens is 2. The Bertz CT molecular complexity index is 985. The first-order chi connectivity index (χ1) is 12.0. The lowest BCUT2D eigenvalue weighted by Gasteiger charge is -2.08. The highest BCUT2D eigenvalue weighted by atomic mass is 16.5. The van der Waals surface area contributed by atoms with Crippen LogP contribution in [0, 0.1) is 13.8 Å². The van der Waals surface area contributed by atoms with Crippen molar-refractivity contribution >= 4 is 5.97 Å². The smallest absolute Gasteiger partial charge is 0.373 e. The van der Waals surface area contributed by atoms with Crippen molar-refractivity contribution in [3.8, 4) is 11.3 Å². The molecule has 0 atom stereocenters. The molecule has 0 spiro atoms. The summed E-state index contributed by atoms with van der Waals surface area (Å²) in [5.74, 6) is -0.0152. The highest BCUT2D eigenvalue weighted by Crippen LogP contribution is 2.19. The molecule has 0 fully saturated rings. The van der Waals surface area contributed by atoms with Crippen molar-refractivity contribution < 1.29 is 13.9 Å². The number of methoxy groups -OCH3 is 1. The Morgan fingerprint density at radius 1 is 1.12 bits per heavy atom. The molecule has 1 aromatic carbocycles. The lowest BCUT2D eigenvalue weighted by atomic mass is 10.0. The summed E-state index contributed by atoms with van der Waals surface area (Å²) in [4.78, 5) is 23.5. The van der Waals surface area contributed by atoms with E-state index in [4.69, 9.17) is 4.42 Å². The van der Waals surface area contributed by atoms with E-state index in [1.165, 1.54) is 29.5 Å². The summed E-state index contributed by atoms with van der Waals surface area (Å²) in [6.45, 7) is 4.21. The zero-order valence-corrected chi connectivity index (χ0v) is 14.3. The van der Waals surface area contributed by atoms with Gasteiger partial charge in [-0.25, -0.2) is 9.48 Å². The van der Waals surface area contributed by atoms with Crippen molar-refractivity contribution in [3.63, 3.8) is 0 Å². The third-order valence-electron chi connectivity index (χ3n) is 4.02. The van der Waals surface area contributed by atoms with Gasteiger partial charge in [0, 0.05) is 11.6 Å². The molecule has 0 saturated heterocycles. The second-order valence-electron chi connectivity index (χ2n) is 5.77. The summed E-state index contributed by atoms with van der Waals surface area (Å²) in [5, 5.41) is 4.41. The summed E-state index contributed by atoms with van der Waals surface area (Å²) < 4.78 is 11.3. The van der Waals surface area contributed by atoms with E-state index in [2.05, 4.69) is 9.84 Å². The first kappa shape index (κ1) is 16.7. The fourth-order valence-corrected chi connectivity index (χ4v) is 2.44. The number of carbonyl (C=O) groups is 1. The Balaban J connectivity index is 1.92. The molecule has 3 rings (SSSR count). The van der Waals surface area contributed by atoms with E-state index in [-0.39, 0.29) is 17.9 Å². The van der Waals surface area contributed by atoms with E-state index in [0.29, 0.717) is 11.5 Å². The van der Waals surface area contributed by atoms with Crippen LogP contribution in [0.15, 0.2) is 51.7 Å². The van der Waals surface area contributed by atoms with Crippen LogP contribution < -0.4 is 5.56 Å². The summed E-state index contributed by atoms with van der Waals surface area (Å²) in [7, 11) is 1.28. The summed E-state index contributed by atoms with van der Waals surface area (Å²) in [5.41, 5.74) is 3.74. The Morgan fingerprint density at radius 2 is 1.92 bits per heavy atom. The highest BCUT2D eigenvalue weighted by Gasteiger charge is 2.12. The molecule has 2 heterocycles. The number of carbonyl (C=O) groups excluding carboxylic acids is 1. The largest absolute Gasteiger partial charge is 0.463 e. The molecule has 6 heteroatoms. The van der Waals surface area contributed by atoms with Gasteiger partial charge in [0.25, 0.3) is 5.56 Å². The van der Waals surface area contributed by atoms with Crippen LogP contribution >= 0.6 is 0 Å².